The highest BCUT2D eigenvalue weighted by molar-refractivity contribution is 6.18. The highest BCUT2D eigenvalue weighted by Crippen LogP contribution is 2.50. The Balaban J connectivity index is 1.17. The standard InChI is InChI=1S/C50H40N4/c1-49(2)41-15-7-5-13-37(41)39-30-33(20-22-43(39)49)47(54-48(51)34-21-23-44-40(31-34)38-14-6-8-16-42(38)50(44,3)4)24-19-32-27-35(45-17-9-11-25-52-45)29-36(28-32)46-18-10-12-26-53-46/h5-31,51H,1-4H3/b24-19+,51-48?,54-47+. The molecule has 0 atom stereocenters. The van der Waals surface area contributed by atoms with E-state index in [9.17, 15) is 5.41 Å². The quantitative estimate of drug-likeness (QED) is 0.139. The van der Waals surface area contributed by atoms with Gasteiger partial charge in [0.15, 0.2) is 5.84 Å². The molecule has 0 aliphatic heterocycles. The molecule has 2 aliphatic carbocycles. The molecule has 0 fully saturated rings. The maximum atomic E-state index is 9.43. The smallest absolute Gasteiger partial charge is 0.152 e. The number of aliphatic imine (C=N–C) groups is 1. The highest BCUT2D eigenvalue weighted by atomic mass is 14.8. The number of benzene rings is 5. The van der Waals surface area contributed by atoms with Gasteiger partial charge in [0.2, 0.25) is 0 Å². The van der Waals surface area contributed by atoms with E-state index in [1.54, 1.807) is 0 Å². The summed E-state index contributed by atoms with van der Waals surface area (Å²) in [7, 11) is 0. The van der Waals surface area contributed by atoms with E-state index in [1.807, 2.05) is 54.9 Å². The molecule has 0 bridgehead atoms. The van der Waals surface area contributed by atoms with Crippen LogP contribution >= 0.6 is 0 Å². The summed E-state index contributed by atoms with van der Waals surface area (Å²) in [5.41, 5.74) is 17.1. The first-order valence-electron chi connectivity index (χ1n) is 18.5. The Kier molecular flexibility index (Phi) is 7.93. The van der Waals surface area contributed by atoms with Crippen LogP contribution in [0.3, 0.4) is 0 Å². The third-order valence-corrected chi connectivity index (χ3v) is 11.3. The van der Waals surface area contributed by atoms with E-state index in [1.165, 1.54) is 44.5 Å². The number of pyridine rings is 2. The van der Waals surface area contributed by atoms with Crippen molar-refractivity contribution < 1.29 is 0 Å². The minimum atomic E-state index is -0.105. The van der Waals surface area contributed by atoms with Crippen LogP contribution < -0.4 is 0 Å². The van der Waals surface area contributed by atoms with E-state index >= 15 is 0 Å². The summed E-state index contributed by atoms with van der Waals surface area (Å²) in [6.07, 6.45) is 7.78. The van der Waals surface area contributed by atoms with Crippen molar-refractivity contribution in [2.24, 2.45) is 4.99 Å². The Morgan fingerprint density at radius 2 is 1.00 bits per heavy atom. The molecule has 0 saturated heterocycles. The summed E-state index contributed by atoms with van der Waals surface area (Å²) in [5, 5.41) is 9.43. The van der Waals surface area contributed by atoms with Gasteiger partial charge in [-0.1, -0.05) is 119 Å². The number of hydrogen-bond acceptors (Lipinski definition) is 3. The number of hydrogen-bond donors (Lipinski definition) is 1. The Labute approximate surface area is 317 Å². The fourth-order valence-electron chi connectivity index (χ4n) is 8.42. The summed E-state index contributed by atoms with van der Waals surface area (Å²) < 4.78 is 0. The van der Waals surface area contributed by atoms with Gasteiger partial charge >= 0.3 is 0 Å². The predicted molar refractivity (Wildman–Crippen MR) is 223 cm³/mol. The lowest BCUT2D eigenvalue weighted by atomic mass is 9.82. The van der Waals surface area contributed by atoms with Crippen LogP contribution in [0.4, 0.5) is 0 Å². The molecule has 5 aromatic carbocycles. The second-order valence-electron chi connectivity index (χ2n) is 15.3. The largest absolute Gasteiger partial charge is 0.282 e. The van der Waals surface area contributed by atoms with Crippen LogP contribution in [0, 0.1) is 5.41 Å². The highest BCUT2D eigenvalue weighted by Gasteiger charge is 2.36. The van der Waals surface area contributed by atoms with Crippen molar-refractivity contribution in [3.8, 4) is 44.8 Å². The molecule has 4 nitrogen and oxygen atoms in total. The molecule has 1 N–H and O–H groups in total. The number of nitrogens with one attached hydrogen (secondary N) is 1. The molecular weight excluding hydrogens is 657 g/mol. The summed E-state index contributed by atoms with van der Waals surface area (Å²) in [6.45, 7) is 9.14. The average molecular weight is 697 g/mol. The lowest BCUT2D eigenvalue weighted by Crippen LogP contribution is -2.15. The van der Waals surface area contributed by atoms with E-state index in [0.717, 1.165) is 39.2 Å². The lowest BCUT2D eigenvalue weighted by Gasteiger charge is -2.21. The molecule has 0 radical (unpaired) electrons. The zero-order valence-corrected chi connectivity index (χ0v) is 30.9. The second kappa shape index (κ2) is 12.9. The summed E-state index contributed by atoms with van der Waals surface area (Å²) in [6, 6.07) is 48.7. The number of fused-ring (bicyclic) bond motifs is 6. The number of aromatic nitrogens is 2. The van der Waals surface area contributed by atoms with Crippen LogP contribution in [0.2, 0.25) is 0 Å². The van der Waals surface area contributed by atoms with Crippen LogP contribution in [-0.2, 0) is 10.8 Å². The van der Waals surface area contributed by atoms with Gasteiger partial charge in [-0.2, -0.15) is 0 Å². The van der Waals surface area contributed by atoms with Gasteiger partial charge in [0.05, 0.1) is 17.1 Å². The first-order valence-corrected chi connectivity index (χ1v) is 18.5. The summed E-state index contributed by atoms with van der Waals surface area (Å²) >= 11 is 0. The molecule has 7 aromatic rings. The molecule has 2 heterocycles. The van der Waals surface area contributed by atoms with Crippen molar-refractivity contribution in [1.29, 1.82) is 5.41 Å². The Bertz CT molecular complexity index is 2610. The van der Waals surface area contributed by atoms with Gasteiger partial charge in [-0.05, 0) is 111 Å². The molecule has 0 amide bonds. The first-order chi connectivity index (χ1) is 26.2. The zero-order chi connectivity index (χ0) is 37.0. The van der Waals surface area contributed by atoms with Gasteiger partial charge in [-0.3, -0.25) is 15.4 Å². The maximum Gasteiger partial charge on any atom is 0.152 e. The fraction of sp³-hybridized carbons (Fsp3) is 0.120. The van der Waals surface area contributed by atoms with Crippen LogP contribution in [0.25, 0.3) is 50.8 Å². The lowest BCUT2D eigenvalue weighted by molar-refractivity contribution is 0.660. The van der Waals surface area contributed by atoms with Gasteiger partial charge in [0, 0.05) is 45.5 Å². The van der Waals surface area contributed by atoms with Crippen LogP contribution in [0.5, 0.6) is 0 Å². The molecule has 2 aliphatic rings. The summed E-state index contributed by atoms with van der Waals surface area (Å²) in [4.78, 5) is 14.4. The number of allylic oxidation sites excluding steroid dienone is 1. The minimum absolute atomic E-state index is 0.101. The molecule has 2 aromatic heterocycles. The van der Waals surface area contributed by atoms with Gasteiger partial charge in [0.1, 0.15) is 0 Å². The number of nitrogens with zero attached hydrogens (tertiary/aromatic N) is 3. The molecule has 0 spiro atoms. The van der Waals surface area contributed by atoms with Crippen LogP contribution in [0.1, 0.15) is 66.6 Å². The second-order valence-corrected chi connectivity index (χ2v) is 15.3. The topological polar surface area (TPSA) is 62.0 Å². The Morgan fingerprint density at radius 1 is 0.519 bits per heavy atom. The molecule has 0 unspecified atom stereocenters. The molecule has 4 heteroatoms. The normalized spacial score (nSPS) is 14.7. The molecule has 54 heavy (non-hydrogen) atoms. The number of amidine groups is 1. The molecular formula is C50H40N4. The fourth-order valence-corrected chi connectivity index (χ4v) is 8.42. The Morgan fingerprint density at radius 3 is 1.54 bits per heavy atom. The van der Waals surface area contributed by atoms with Crippen molar-refractivity contribution >= 4 is 17.6 Å². The molecule has 0 saturated carbocycles. The summed E-state index contributed by atoms with van der Waals surface area (Å²) in [5.74, 6) is 0.220. The van der Waals surface area contributed by atoms with E-state index in [4.69, 9.17) is 4.99 Å². The van der Waals surface area contributed by atoms with Crippen molar-refractivity contribution in [1.82, 2.24) is 9.97 Å². The molecule has 260 valence electrons. The van der Waals surface area contributed by atoms with Crippen molar-refractivity contribution in [3.63, 3.8) is 0 Å². The van der Waals surface area contributed by atoms with Crippen molar-refractivity contribution in [2.75, 3.05) is 0 Å². The van der Waals surface area contributed by atoms with E-state index in [0.29, 0.717) is 5.71 Å². The third kappa shape index (κ3) is 5.62. The van der Waals surface area contributed by atoms with E-state index in [-0.39, 0.29) is 16.7 Å². The van der Waals surface area contributed by atoms with E-state index < -0.39 is 0 Å². The predicted octanol–water partition coefficient (Wildman–Crippen LogP) is 12.0. The van der Waals surface area contributed by atoms with Gasteiger partial charge in [0.25, 0.3) is 0 Å². The minimum Gasteiger partial charge on any atom is -0.282 e. The molecule has 9 rings (SSSR count). The SMILES string of the molecule is CC1(C)c2ccccc2-c2cc(C(=N)/N=C(\C=C\c3cc(-c4ccccn4)cc(-c4ccccn4)c3)c3ccc4c(c3)-c3ccccc3C4(C)C)ccc21. The zero-order valence-electron chi connectivity index (χ0n) is 30.9. The van der Waals surface area contributed by atoms with Gasteiger partial charge in [-0.25, -0.2) is 4.99 Å². The third-order valence-electron chi connectivity index (χ3n) is 11.3. The average Bonchev–Trinajstić information content (AvgIpc) is 3.59. The Hall–Kier alpha value is -6.52. The van der Waals surface area contributed by atoms with Crippen LogP contribution in [0.15, 0.2) is 163 Å². The van der Waals surface area contributed by atoms with Crippen molar-refractivity contribution in [2.45, 2.75) is 38.5 Å². The van der Waals surface area contributed by atoms with Gasteiger partial charge in [-0.15, -0.1) is 0 Å². The van der Waals surface area contributed by atoms with E-state index in [2.05, 4.69) is 147 Å². The maximum absolute atomic E-state index is 9.43. The number of rotatable bonds is 6. The van der Waals surface area contributed by atoms with Crippen molar-refractivity contribution in [3.05, 3.63) is 197 Å². The van der Waals surface area contributed by atoms with Gasteiger partial charge < -0.3 is 0 Å². The van der Waals surface area contributed by atoms with Crippen LogP contribution in [-0.4, -0.2) is 21.5 Å². The first kappa shape index (κ1) is 33.3. The monoisotopic (exact) mass is 696 g/mol.